The van der Waals surface area contributed by atoms with Gasteiger partial charge in [0, 0.05) is 40.7 Å². The summed E-state index contributed by atoms with van der Waals surface area (Å²) in [6.45, 7) is 4.45. The van der Waals surface area contributed by atoms with Crippen molar-refractivity contribution in [3.05, 3.63) is 93.3 Å². The van der Waals surface area contributed by atoms with E-state index in [0.717, 1.165) is 33.9 Å². The van der Waals surface area contributed by atoms with Crippen molar-refractivity contribution in [3.8, 4) is 17.0 Å². The van der Waals surface area contributed by atoms with Gasteiger partial charge in [-0.2, -0.15) is 0 Å². The Hall–Kier alpha value is -3.97. The maximum Gasteiger partial charge on any atom is 0.262 e. The van der Waals surface area contributed by atoms with Gasteiger partial charge in [0.15, 0.2) is 0 Å². The van der Waals surface area contributed by atoms with Crippen LogP contribution in [0.4, 0.5) is 11.4 Å². The van der Waals surface area contributed by atoms with Gasteiger partial charge in [0.2, 0.25) is 0 Å². The Morgan fingerprint density at radius 3 is 2.57 bits per heavy atom. The molecule has 4 aromatic rings. The zero-order valence-corrected chi connectivity index (χ0v) is 20.6. The molecule has 1 aromatic heterocycles. The molecule has 0 saturated heterocycles. The predicted molar refractivity (Wildman–Crippen MR) is 140 cm³/mol. The third-order valence-electron chi connectivity index (χ3n) is 6.14. The van der Waals surface area contributed by atoms with Crippen molar-refractivity contribution in [1.29, 1.82) is 0 Å². The quantitative estimate of drug-likeness (QED) is 0.393. The van der Waals surface area contributed by atoms with E-state index in [1.165, 1.54) is 12.0 Å². The Balaban J connectivity index is 1.45. The van der Waals surface area contributed by atoms with Gasteiger partial charge in [-0.3, -0.25) is 9.59 Å². The maximum atomic E-state index is 13.8. The van der Waals surface area contributed by atoms with E-state index in [1.54, 1.807) is 40.5 Å². The highest BCUT2D eigenvalue weighted by molar-refractivity contribution is 7.12. The van der Waals surface area contributed by atoms with Crippen molar-refractivity contribution < 1.29 is 14.3 Å². The molecule has 2 amide bonds. The number of aryl methyl sites for hydroxylation is 2. The van der Waals surface area contributed by atoms with Crippen molar-refractivity contribution in [3.63, 3.8) is 0 Å². The number of carbonyl (C=O) groups is 2. The van der Waals surface area contributed by atoms with Crippen LogP contribution in [0.15, 0.2) is 66.7 Å². The third kappa shape index (κ3) is 4.31. The molecule has 0 unspecified atom stereocenters. The smallest absolute Gasteiger partial charge is 0.262 e. The van der Waals surface area contributed by atoms with Crippen molar-refractivity contribution >= 4 is 34.5 Å². The van der Waals surface area contributed by atoms with E-state index in [2.05, 4.69) is 5.32 Å². The molecule has 1 N–H and O–H groups in total. The number of para-hydroxylation sites is 1. The van der Waals surface area contributed by atoms with Gasteiger partial charge in [-0.1, -0.05) is 36.4 Å². The molecule has 1 aliphatic rings. The topological polar surface area (TPSA) is 71.5 Å². The molecule has 176 valence electrons. The molecule has 3 aromatic carbocycles. The number of benzene rings is 3. The monoisotopic (exact) mass is 483 g/mol. The van der Waals surface area contributed by atoms with E-state index in [9.17, 15) is 9.59 Å². The standard InChI is InChI=1S/C28H25N3O3S/c1-17-8-4-5-9-20(17)27(32)30-19-12-13-22(24(16-19)34-3)28(33)31-15-14-25-26(29-18(2)35-25)21-10-6-7-11-23(21)31/h4-13,16H,14-15H2,1-3H3,(H,30,32). The van der Waals surface area contributed by atoms with E-state index in [1.807, 2.05) is 56.3 Å². The fourth-order valence-electron chi connectivity index (χ4n) is 4.42. The summed E-state index contributed by atoms with van der Waals surface area (Å²) >= 11 is 1.68. The Kier molecular flexibility index (Phi) is 6.09. The number of carbonyl (C=O) groups excluding carboxylic acids is 2. The van der Waals surface area contributed by atoms with Crippen LogP contribution in [0.25, 0.3) is 11.3 Å². The number of fused-ring (bicyclic) bond motifs is 3. The van der Waals surface area contributed by atoms with E-state index in [4.69, 9.17) is 9.72 Å². The number of anilines is 2. The number of aromatic nitrogens is 1. The number of thiazole rings is 1. The Labute approximate surface area is 208 Å². The Bertz CT molecular complexity index is 1440. The SMILES string of the molecule is COc1cc(NC(=O)c2ccccc2C)ccc1C(=O)N1CCc2sc(C)nc2-c2ccccc21. The van der Waals surface area contributed by atoms with Crippen LogP contribution in [0.2, 0.25) is 0 Å². The van der Waals surface area contributed by atoms with Gasteiger partial charge >= 0.3 is 0 Å². The fraction of sp³-hybridized carbons (Fsp3) is 0.179. The molecule has 0 saturated carbocycles. The summed E-state index contributed by atoms with van der Waals surface area (Å²) in [4.78, 5) is 34.2. The summed E-state index contributed by atoms with van der Waals surface area (Å²) < 4.78 is 5.58. The molecular weight excluding hydrogens is 458 g/mol. The maximum absolute atomic E-state index is 13.8. The second-order valence-corrected chi connectivity index (χ2v) is 9.70. The van der Waals surface area contributed by atoms with Crippen LogP contribution in [-0.4, -0.2) is 30.5 Å². The van der Waals surface area contributed by atoms with Crippen LogP contribution >= 0.6 is 11.3 Å². The summed E-state index contributed by atoms with van der Waals surface area (Å²) in [5.74, 6) is 0.0422. The molecule has 0 radical (unpaired) electrons. The van der Waals surface area contributed by atoms with Gasteiger partial charge in [0.1, 0.15) is 5.75 Å². The van der Waals surface area contributed by atoms with Crippen LogP contribution in [0, 0.1) is 13.8 Å². The number of hydrogen-bond acceptors (Lipinski definition) is 5. The van der Waals surface area contributed by atoms with Gasteiger partial charge in [0.25, 0.3) is 11.8 Å². The van der Waals surface area contributed by atoms with Crippen LogP contribution < -0.4 is 15.0 Å². The highest BCUT2D eigenvalue weighted by Gasteiger charge is 2.28. The van der Waals surface area contributed by atoms with Crippen molar-refractivity contribution in [1.82, 2.24) is 4.98 Å². The number of rotatable bonds is 4. The van der Waals surface area contributed by atoms with E-state index in [0.29, 0.717) is 29.1 Å². The number of hydrogen-bond donors (Lipinski definition) is 1. The highest BCUT2D eigenvalue weighted by atomic mass is 32.1. The molecule has 1 aliphatic heterocycles. The molecule has 7 heteroatoms. The summed E-state index contributed by atoms with van der Waals surface area (Å²) in [5, 5.41) is 3.93. The molecule has 0 fully saturated rings. The summed E-state index contributed by atoms with van der Waals surface area (Å²) in [7, 11) is 1.53. The lowest BCUT2D eigenvalue weighted by Gasteiger charge is -2.24. The largest absolute Gasteiger partial charge is 0.496 e. The first-order chi connectivity index (χ1) is 17.0. The molecule has 2 heterocycles. The number of amides is 2. The van der Waals surface area contributed by atoms with Crippen molar-refractivity contribution in [2.45, 2.75) is 20.3 Å². The zero-order valence-electron chi connectivity index (χ0n) is 19.8. The average molecular weight is 484 g/mol. The molecule has 0 spiro atoms. The average Bonchev–Trinajstić information content (AvgIpc) is 3.17. The number of methoxy groups -OCH3 is 1. The normalized spacial score (nSPS) is 12.4. The first kappa shape index (κ1) is 22.8. The van der Waals surface area contributed by atoms with Gasteiger partial charge in [-0.05, 0) is 43.7 Å². The second-order valence-electron chi connectivity index (χ2n) is 8.41. The molecular formula is C28H25N3O3S. The number of ether oxygens (including phenoxy) is 1. The first-order valence-corrected chi connectivity index (χ1v) is 12.2. The van der Waals surface area contributed by atoms with Gasteiger partial charge in [0.05, 0.1) is 29.1 Å². The zero-order chi connectivity index (χ0) is 24.5. The summed E-state index contributed by atoms with van der Waals surface area (Å²) in [6, 6.07) is 20.4. The number of nitrogens with one attached hydrogen (secondary N) is 1. The highest BCUT2D eigenvalue weighted by Crippen LogP contribution is 2.39. The number of nitrogens with zero attached hydrogens (tertiary/aromatic N) is 2. The van der Waals surface area contributed by atoms with Crippen LogP contribution in [-0.2, 0) is 6.42 Å². The van der Waals surface area contributed by atoms with Crippen LogP contribution in [0.3, 0.4) is 0 Å². The summed E-state index contributed by atoms with van der Waals surface area (Å²) in [6.07, 6.45) is 0.730. The van der Waals surface area contributed by atoms with E-state index < -0.39 is 0 Å². The lowest BCUT2D eigenvalue weighted by Crippen LogP contribution is -2.32. The molecule has 5 rings (SSSR count). The fourth-order valence-corrected chi connectivity index (χ4v) is 5.36. The van der Waals surface area contributed by atoms with Crippen molar-refractivity contribution in [2.75, 3.05) is 23.9 Å². The Morgan fingerprint density at radius 2 is 1.77 bits per heavy atom. The molecule has 0 atom stereocenters. The molecule has 0 bridgehead atoms. The summed E-state index contributed by atoms with van der Waals surface area (Å²) in [5.41, 5.74) is 5.24. The molecule has 6 nitrogen and oxygen atoms in total. The van der Waals surface area contributed by atoms with Crippen LogP contribution in [0.1, 0.15) is 36.2 Å². The second kappa shape index (κ2) is 9.35. The van der Waals surface area contributed by atoms with E-state index in [-0.39, 0.29) is 11.8 Å². The minimum atomic E-state index is -0.209. The molecule has 35 heavy (non-hydrogen) atoms. The lowest BCUT2D eigenvalue weighted by atomic mass is 10.1. The minimum absolute atomic E-state index is 0.155. The Morgan fingerprint density at radius 1 is 1.00 bits per heavy atom. The lowest BCUT2D eigenvalue weighted by molar-refractivity contribution is 0.0983. The predicted octanol–water partition coefficient (Wildman–Crippen LogP) is 5.89. The van der Waals surface area contributed by atoms with E-state index >= 15 is 0 Å². The molecule has 0 aliphatic carbocycles. The third-order valence-corrected chi connectivity index (χ3v) is 7.17. The van der Waals surface area contributed by atoms with Gasteiger partial charge in [-0.15, -0.1) is 11.3 Å². The van der Waals surface area contributed by atoms with Crippen molar-refractivity contribution in [2.24, 2.45) is 0 Å². The minimum Gasteiger partial charge on any atom is -0.496 e. The first-order valence-electron chi connectivity index (χ1n) is 11.4. The van der Waals surface area contributed by atoms with Gasteiger partial charge < -0.3 is 15.0 Å². The van der Waals surface area contributed by atoms with Gasteiger partial charge in [-0.25, -0.2) is 4.98 Å². The van der Waals surface area contributed by atoms with Crippen LogP contribution in [0.5, 0.6) is 5.75 Å².